The predicted octanol–water partition coefficient (Wildman–Crippen LogP) is 2.95. The van der Waals surface area contributed by atoms with Crippen molar-refractivity contribution >= 4 is 0 Å². The van der Waals surface area contributed by atoms with Crippen molar-refractivity contribution in [3.8, 4) is 5.75 Å². The Labute approximate surface area is 103 Å². The first-order valence-corrected chi connectivity index (χ1v) is 6.88. The molecule has 1 unspecified atom stereocenters. The lowest BCUT2D eigenvalue weighted by molar-refractivity contribution is 0.470. The topological polar surface area (TPSA) is 32.3 Å². The van der Waals surface area contributed by atoms with E-state index in [9.17, 15) is 5.11 Å². The van der Waals surface area contributed by atoms with E-state index in [0.29, 0.717) is 11.7 Å². The Morgan fingerprint density at radius 3 is 2.82 bits per heavy atom. The van der Waals surface area contributed by atoms with Crippen molar-refractivity contribution in [2.24, 2.45) is 0 Å². The molecule has 0 saturated heterocycles. The molecule has 2 aliphatic rings. The second-order valence-corrected chi connectivity index (χ2v) is 5.51. The lowest BCUT2D eigenvalue weighted by Gasteiger charge is -2.17. The van der Waals surface area contributed by atoms with Crippen LogP contribution >= 0.6 is 0 Å². The van der Waals surface area contributed by atoms with E-state index in [1.54, 1.807) is 0 Å². The van der Waals surface area contributed by atoms with Crippen molar-refractivity contribution < 1.29 is 5.11 Å². The van der Waals surface area contributed by atoms with Gasteiger partial charge in [0.2, 0.25) is 0 Å². The largest absolute Gasteiger partial charge is 0.508 e. The van der Waals surface area contributed by atoms with E-state index in [0.717, 1.165) is 12.6 Å². The molecule has 0 aliphatic heterocycles. The summed E-state index contributed by atoms with van der Waals surface area (Å²) in [6, 6.07) is 6.60. The first kappa shape index (κ1) is 11.1. The number of rotatable bonds is 3. The second kappa shape index (κ2) is 4.69. The number of benzene rings is 1. The molecule has 92 valence electrons. The van der Waals surface area contributed by atoms with Gasteiger partial charge in [-0.1, -0.05) is 18.9 Å². The number of nitrogens with one attached hydrogen (secondary N) is 1. The summed E-state index contributed by atoms with van der Waals surface area (Å²) in [6.07, 6.45) is 7.88. The molecule has 2 N–H and O–H groups in total. The van der Waals surface area contributed by atoms with Gasteiger partial charge in [0.1, 0.15) is 5.75 Å². The number of hydrogen-bond donors (Lipinski definition) is 2. The maximum absolute atomic E-state index is 9.57. The number of aryl methyl sites for hydroxylation is 1. The molecule has 1 aromatic rings. The Kier molecular flexibility index (Phi) is 3.06. The normalized spacial score (nSPS) is 24.1. The highest BCUT2D eigenvalue weighted by Gasteiger charge is 2.24. The fraction of sp³-hybridized carbons (Fsp3) is 0.600. The van der Waals surface area contributed by atoms with Crippen LogP contribution in [-0.2, 0) is 6.42 Å². The summed E-state index contributed by atoms with van der Waals surface area (Å²) < 4.78 is 0. The molecule has 1 saturated carbocycles. The number of aromatic hydroxyl groups is 1. The predicted molar refractivity (Wildman–Crippen MR) is 69.4 cm³/mol. The van der Waals surface area contributed by atoms with Crippen LogP contribution in [0.15, 0.2) is 18.2 Å². The van der Waals surface area contributed by atoms with Crippen LogP contribution in [0.1, 0.15) is 49.1 Å². The summed E-state index contributed by atoms with van der Waals surface area (Å²) in [5.41, 5.74) is 2.80. The third-order valence-electron chi connectivity index (χ3n) is 4.34. The monoisotopic (exact) mass is 231 g/mol. The van der Waals surface area contributed by atoms with Crippen LogP contribution in [0.4, 0.5) is 0 Å². The SMILES string of the molecule is Oc1ccc2c(c1)C(CNC1CCCC1)CC2. The van der Waals surface area contributed by atoms with E-state index in [4.69, 9.17) is 0 Å². The number of phenolic OH excluding ortho intramolecular Hbond substituents is 1. The van der Waals surface area contributed by atoms with Gasteiger partial charge < -0.3 is 10.4 Å². The summed E-state index contributed by atoms with van der Waals surface area (Å²) >= 11 is 0. The van der Waals surface area contributed by atoms with Gasteiger partial charge >= 0.3 is 0 Å². The molecular weight excluding hydrogens is 210 g/mol. The summed E-state index contributed by atoms with van der Waals surface area (Å²) in [5.74, 6) is 1.02. The molecule has 3 rings (SSSR count). The Morgan fingerprint density at radius 2 is 2.00 bits per heavy atom. The zero-order valence-corrected chi connectivity index (χ0v) is 10.3. The van der Waals surface area contributed by atoms with Crippen molar-refractivity contribution in [3.05, 3.63) is 29.3 Å². The van der Waals surface area contributed by atoms with Gasteiger partial charge in [0.25, 0.3) is 0 Å². The average Bonchev–Trinajstić information content (AvgIpc) is 2.94. The molecule has 17 heavy (non-hydrogen) atoms. The Balaban J connectivity index is 1.64. The zero-order valence-electron chi connectivity index (χ0n) is 10.3. The van der Waals surface area contributed by atoms with Crippen molar-refractivity contribution in [1.29, 1.82) is 0 Å². The maximum Gasteiger partial charge on any atom is 0.115 e. The van der Waals surface area contributed by atoms with Gasteiger partial charge in [-0.3, -0.25) is 0 Å². The fourth-order valence-corrected chi connectivity index (χ4v) is 3.33. The van der Waals surface area contributed by atoms with Gasteiger partial charge in [-0.25, -0.2) is 0 Å². The Hall–Kier alpha value is -1.02. The van der Waals surface area contributed by atoms with Gasteiger partial charge in [-0.15, -0.1) is 0 Å². The van der Waals surface area contributed by atoms with E-state index >= 15 is 0 Å². The van der Waals surface area contributed by atoms with Crippen molar-refractivity contribution in [2.75, 3.05) is 6.54 Å². The van der Waals surface area contributed by atoms with E-state index < -0.39 is 0 Å². The smallest absolute Gasteiger partial charge is 0.115 e. The minimum absolute atomic E-state index is 0.413. The third-order valence-corrected chi connectivity index (χ3v) is 4.34. The van der Waals surface area contributed by atoms with Crippen LogP contribution < -0.4 is 5.32 Å². The average molecular weight is 231 g/mol. The number of hydrogen-bond acceptors (Lipinski definition) is 2. The molecule has 1 aromatic carbocycles. The minimum atomic E-state index is 0.413. The Bertz CT molecular complexity index is 396. The molecule has 0 spiro atoms. The molecule has 0 radical (unpaired) electrons. The van der Waals surface area contributed by atoms with Gasteiger partial charge in [0.15, 0.2) is 0 Å². The van der Waals surface area contributed by atoms with Gasteiger partial charge in [-0.05, 0) is 54.9 Å². The third kappa shape index (κ3) is 2.32. The van der Waals surface area contributed by atoms with Crippen LogP contribution in [0.25, 0.3) is 0 Å². The molecule has 2 aliphatic carbocycles. The lowest BCUT2D eigenvalue weighted by Crippen LogP contribution is -2.29. The molecule has 0 amide bonds. The van der Waals surface area contributed by atoms with Crippen LogP contribution in [-0.4, -0.2) is 17.7 Å². The van der Waals surface area contributed by atoms with Crippen molar-refractivity contribution in [3.63, 3.8) is 0 Å². The van der Waals surface area contributed by atoms with Gasteiger partial charge in [0, 0.05) is 12.6 Å². The van der Waals surface area contributed by atoms with E-state index in [1.807, 2.05) is 12.1 Å². The van der Waals surface area contributed by atoms with Crippen molar-refractivity contribution in [1.82, 2.24) is 5.32 Å². The summed E-state index contributed by atoms with van der Waals surface area (Å²) in [7, 11) is 0. The molecular formula is C15H21NO. The number of fused-ring (bicyclic) bond motifs is 1. The summed E-state index contributed by atoms with van der Waals surface area (Å²) in [6.45, 7) is 1.08. The zero-order chi connectivity index (χ0) is 11.7. The highest BCUT2D eigenvalue weighted by molar-refractivity contribution is 5.40. The highest BCUT2D eigenvalue weighted by Crippen LogP contribution is 2.35. The van der Waals surface area contributed by atoms with Crippen LogP contribution in [0.5, 0.6) is 5.75 Å². The maximum atomic E-state index is 9.57. The molecule has 2 heteroatoms. The quantitative estimate of drug-likeness (QED) is 0.838. The highest BCUT2D eigenvalue weighted by atomic mass is 16.3. The van der Waals surface area contributed by atoms with Gasteiger partial charge in [-0.2, -0.15) is 0 Å². The first-order chi connectivity index (χ1) is 8.33. The lowest BCUT2D eigenvalue weighted by atomic mass is 10.0. The summed E-state index contributed by atoms with van der Waals surface area (Å²) in [5, 5.41) is 13.3. The van der Waals surface area contributed by atoms with Gasteiger partial charge in [0.05, 0.1) is 0 Å². The molecule has 2 nitrogen and oxygen atoms in total. The fourth-order valence-electron chi connectivity index (χ4n) is 3.33. The number of phenols is 1. The van der Waals surface area contributed by atoms with E-state index in [-0.39, 0.29) is 0 Å². The molecule has 1 atom stereocenters. The second-order valence-electron chi connectivity index (χ2n) is 5.51. The van der Waals surface area contributed by atoms with Crippen LogP contribution in [0.2, 0.25) is 0 Å². The standard InChI is InChI=1S/C15H21NO/c17-14-8-7-11-5-6-12(15(11)9-14)10-16-13-3-1-2-4-13/h7-9,12-13,16-17H,1-6,10H2. The Morgan fingerprint density at radius 1 is 1.18 bits per heavy atom. The molecule has 0 aromatic heterocycles. The van der Waals surface area contributed by atoms with Crippen LogP contribution in [0.3, 0.4) is 0 Å². The molecule has 1 fully saturated rings. The summed E-state index contributed by atoms with van der Waals surface area (Å²) in [4.78, 5) is 0. The van der Waals surface area contributed by atoms with E-state index in [2.05, 4.69) is 11.4 Å². The van der Waals surface area contributed by atoms with E-state index in [1.165, 1.54) is 49.7 Å². The molecule has 0 heterocycles. The minimum Gasteiger partial charge on any atom is -0.508 e. The van der Waals surface area contributed by atoms with Crippen molar-refractivity contribution in [2.45, 2.75) is 50.5 Å². The van der Waals surface area contributed by atoms with Crippen LogP contribution in [0, 0.1) is 0 Å². The first-order valence-electron chi connectivity index (χ1n) is 6.88. The molecule has 0 bridgehead atoms.